The maximum absolute atomic E-state index is 13.5. The number of likely N-dealkylation sites (N-methyl/N-ethyl adjacent to an activating group) is 2. The molecule has 0 aliphatic heterocycles. The van der Waals surface area contributed by atoms with Crippen molar-refractivity contribution in [2.75, 3.05) is 50.6 Å². The van der Waals surface area contributed by atoms with Crippen LogP contribution in [0.15, 0.2) is 42.5 Å². The first-order valence-corrected chi connectivity index (χ1v) is 8.83. The van der Waals surface area contributed by atoms with Crippen LogP contribution in [0.1, 0.15) is 5.56 Å². The average Bonchev–Trinajstić information content (AvgIpc) is 2.60. The van der Waals surface area contributed by atoms with Gasteiger partial charge in [-0.25, -0.2) is 4.39 Å². The minimum absolute atomic E-state index is 0.0481. The van der Waals surface area contributed by atoms with Gasteiger partial charge in [0.2, 0.25) is 5.91 Å². The minimum Gasteiger partial charge on any atom is -0.361 e. The fraction of sp³-hybridized carbons (Fsp3) is 0.350. The Balaban J connectivity index is 2.17. The number of rotatable bonds is 7. The van der Waals surface area contributed by atoms with Crippen molar-refractivity contribution in [1.29, 1.82) is 0 Å². The highest BCUT2D eigenvalue weighted by molar-refractivity contribution is 6.31. The monoisotopic (exact) mass is 377 g/mol. The highest BCUT2D eigenvalue weighted by Gasteiger charge is 2.17. The molecule has 26 heavy (non-hydrogen) atoms. The molecule has 0 unspecified atom stereocenters. The molecular formula is C20H25ClFN3O. The van der Waals surface area contributed by atoms with Gasteiger partial charge in [0.25, 0.3) is 0 Å². The predicted octanol–water partition coefficient (Wildman–Crippen LogP) is 3.82. The smallest absolute Gasteiger partial charge is 0.246 e. The van der Waals surface area contributed by atoms with Gasteiger partial charge in [-0.1, -0.05) is 29.3 Å². The zero-order valence-corrected chi connectivity index (χ0v) is 16.4. The first kappa shape index (κ1) is 20.2. The van der Waals surface area contributed by atoms with E-state index in [1.54, 1.807) is 24.1 Å². The van der Waals surface area contributed by atoms with Gasteiger partial charge in [0.15, 0.2) is 0 Å². The second-order valence-electron chi connectivity index (χ2n) is 6.61. The highest BCUT2D eigenvalue weighted by Crippen LogP contribution is 2.23. The molecule has 0 radical (unpaired) electrons. The van der Waals surface area contributed by atoms with Gasteiger partial charge in [-0.3, -0.25) is 4.79 Å². The Morgan fingerprint density at radius 3 is 2.19 bits per heavy atom. The van der Waals surface area contributed by atoms with Crippen LogP contribution in [0.25, 0.3) is 0 Å². The molecule has 0 aliphatic rings. The third kappa shape index (κ3) is 5.44. The Bertz CT molecular complexity index is 749. The van der Waals surface area contributed by atoms with Gasteiger partial charge in [0, 0.05) is 31.5 Å². The van der Waals surface area contributed by atoms with Crippen LogP contribution in [0.4, 0.5) is 15.8 Å². The standard InChI is InChI=1S/C20H25ClFN3O/c1-15-5-7-16(8-6-15)24(4)20(26)14-25(12-11-23(2)3)17-9-10-19(22)18(21)13-17/h5-10,13H,11-12,14H2,1-4H3. The number of hydrogen-bond acceptors (Lipinski definition) is 3. The molecule has 0 aromatic heterocycles. The summed E-state index contributed by atoms with van der Waals surface area (Å²) in [5.41, 5.74) is 2.71. The van der Waals surface area contributed by atoms with Gasteiger partial charge in [-0.15, -0.1) is 0 Å². The van der Waals surface area contributed by atoms with E-state index >= 15 is 0 Å². The zero-order valence-electron chi connectivity index (χ0n) is 15.7. The molecule has 2 aromatic rings. The molecule has 0 N–H and O–H groups in total. The summed E-state index contributed by atoms with van der Waals surface area (Å²) < 4.78 is 13.5. The van der Waals surface area contributed by atoms with Crippen LogP contribution >= 0.6 is 11.6 Å². The van der Waals surface area contributed by atoms with Gasteiger partial charge in [0.1, 0.15) is 5.82 Å². The van der Waals surface area contributed by atoms with E-state index in [1.165, 1.54) is 6.07 Å². The van der Waals surface area contributed by atoms with Gasteiger partial charge in [-0.05, 0) is 51.4 Å². The van der Waals surface area contributed by atoms with E-state index in [2.05, 4.69) is 0 Å². The number of carbonyl (C=O) groups excluding carboxylic acids is 1. The predicted molar refractivity (Wildman–Crippen MR) is 107 cm³/mol. The maximum atomic E-state index is 13.5. The fourth-order valence-electron chi connectivity index (χ4n) is 2.48. The average molecular weight is 378 g/mol. The van der Waals surface area contributed by atoms with Gasteiger partial charge in [-0.2, -0.15) is 0 Å². The number of benzene rings is 2. The Hall–Kier alpha value is -2.11. The number of amides is 1. The largest absolute Gasteiger partial charge is 0.361 e. The lowest BCUT2D eigenvalue weighted by molar-refractivity contribution is -0.117. The van der Waals surface area contributed by atoms with Gasteiger partial charge in [0.05, 0.1) is 11.6 Å². The fourth-order valence-corrected chi connectivity index (χ4v) is 2.66. The summed E-state index contributed by atoms with van der Waals surface area (Å²) in [5.74, 6) is -0.515. The highest BCUT2D eigenvalue weighted by atomic mass is 35.5. The number of aryl methyl sites for hydroxylation is 1. The molecule has 0 atom stereocenters. The van der Waals surface area contributed by atoms with E-state index in [-0.39, 0.29) is 17.5 Å². The Labute approximate surface area is 159 Å². The summed E-state index contributed by atoms with van der Waals surface area (Å²) in [5, 5.41) is 0.0525. The summed E-state index contributed by atoms with van der Waals surface area (Å²) in [7, 11) is 5.70. The lowest BCUT2D eigenvalue weighted by Crippen LogP contribution is -2.41. The number of halogens is 2. The molecule has 0 spiro atoms. The molecule has 1 amide bonds. The van der Waals surface area contributed by atoms with E-state index in [1.807, 2.05) is 55.1 Å². The Morgan fingerprint density at radius 1 is 1.00 bits per heavy atom. The van der Waals surface area contributed by atoms with Crippen molar-refractivity contribution < 1.29 is 9.18 Å². The summed E-state index contributed by atoms with van der Waals surface area (Å²) in [6.45, 7) is 3.58. The summed E-state index contributed by atoms with van der Waals surface area (Å²) in [6.07, 6.45) is 0. The van der Waals surface area contributed by atoms with Crippen molar-refractivity contribution in [3.05, 3.63) is 58.9 Å². The van der Waals surface area contributed by atoms with E-state index in [9.17, 15) is 9.18 Å². The van der Waals surface area contributed by atoms with Crippen LogP contribution in [0.3, 0.4) is 0 Å². The molecular weight excluding hydrogens is 353 g/mol. The van der Waals surface area contributed by atoms with E-state index in [4.69, 9.17) is 11.6 Å². The van der Waals surface area contributed by atoms with Crippen molar-refractivity contribution in [3.8, 4) is 0 Å². The molecule has 2 rings (SSSR count). The quantitative estimate of drug-likeness (QED) is 0.734. The number of hydrogen-bond donors (Lipinski definition) is 0. The number of anilines is 2. The van der Waals surface area contributed by atoms with E-state index in [0.717, 1.165) is 23.5 Å². The third-order valence-electron chi connectivity index (χ3n) is 4.21. The first-order chi connectivity index (χ1) is 12.3. The van der Waals surface area contributed by atoms with Crippen molar-refractivity contribution in [2.45, 2.75) is 6.92 Å². The first-order valence-electron chi connectivity index (χ1n) is 8.46. The van der Waals surface area contributed by atoms with Crippen molar-refractivity contribution >= 4 is 28.9 Å². The SMILES string of the molecule is Cc1ccc(N(C)C(=O)CN(CCN(C)C)c2ccc(F)c(Cl)c2)cc1. The molecule has 0 saturated heterocycles. The molecule has 0 fully saturated rings. The lowest BCUT2D eigenvalue weighted by atomic mass is 10.2. The molecule has 4 nitrogen and oxygen atoms in total. The van der Waals surface area contributed by atoms with E-state index < -0.39 is 5.82 Å². The minimum atomic E-state index is -0.467. The molecule has 140 valence electrons. The summed E-state index contributed by atoms with van der Waals surface area (Å²) in [4.78, 5) is 18.4. The van der Waals surface area contributed by atoms with Gasteiger partial charge < -0.3 is 14.7 Å². The lowest BCUT2D eigenvalue weighted by Gasteiger charge is -2.28. The number of nitrogens with zero attached hydrogens (tertiary/aromatic N) is 3. The van der Waals surface area contributed by atoms with Crippen LogP contribution in [-0.4, -0.2) is 51.6 Å². The number of carbonyl (C=O) groups is 1. The Kier molecular flexibility index (Phi) is 7.00. The van der Waals surface area contributed by atoms with Crippen LogP contribution in [-0.2, 0) is 4.79 Å². The molecule has 0 saturated carbocycles. The van der Waals surface area contributed by atoms with Gasteiger partial charge >= 0.3 is 0 Å². The van der Waals surface area contributed by atoms with Crippen LogP contribution in [0.2, 0.25) is 5.02 Å². The van der Waals surface area contributed by atoms with Crippen LogP contribution in [0, 0.1) is 12.7 Å². The maximum Gasteiger partial charge on any atom is 0.246 e. The molecule has 2 aromatic carbocycles. The van der Waals surface area contributed by atoms with Crippen LogP contribution < -0.4 is 9.80 Å². The molecule has 6 heteroatoms. The second kappa shape index (κ2) is 9.01. The Morgan fingerprint density at radius 2 is 1.62 bits per heavy atom. The summed E-state index contributed by atoms with van der Waals surface area (Å²) >= 11 is 5.92. The normalized spacial score (nSPS) is 10.9. The zero-order chi connectivity index (χ0) is 19.3. The van der Waals surface area contributed by atoms with Crippen molar-refractivity contribution in [1.82, 2.24) is 4.90 Å². The summed E-state index contributed by atoms with van der Waals surface area (Å²) in [6, 6.07) is 12.3. The molecule has 0 aliphatic carbocycles. The van der Waals surface area contributed by atoms with Crippen molar-refractivity contribution in [3.63, 3.8) is 0 Å². The topological polar surface area (TPSA) is 26.8 Å². The van der Waals surface area contributed by atoms with Crippen molar-refractivity contribution in [2.24, 2.45) is 0 Å². The molecule has 0 heterocycles. The van der Waals surface area contributed by atoms with E-state index in [0.29, 0.717) is 6.54 Å². The third-order valence-corrected chi connectivity index (χ3v) is 4.50. The second-order valence-corrected chi connectivity index (χ2v) is 7.02. The van der Waals surface area contributed by atoms with Crippen LogP contribution in [0.5, 0.6) is 0 Å². The molecule has 0 bridgehead atoms.